The van der Waals surface area contributed by atoms with E-state index < -0.39 is 0 Å². The quantitative estimate of drug-likeness (QED) is 0.828. The van der Waals surface area contributed by atoms with Crippen molar-refractivity contribution in [3.63, 3.8) is 0 Å². The van der Waals surface area contributed by atoms with E-state index in [9.17, 15) is 0 Å². The van der Waals surface area contributed by atoms with Gasteiger partial charge >= 0.3 is 0 Å². The second-order valence-corrected chi connectivity index (χ2v) is 5.01. The molecule has 0 amide bonds. The lowest BCUT2D eigenvalue weighted by molar-refractivity contribution is 0.242. The van der Waals surface area contributed by atoms with Crippen molar-refractivity contribution in [3.8, 4) is 5.75 Å². The summed E-state index contributed by atoms with van der Waals surface area (Å²) in [5, 5.41) is 0. The largest absolute Gasteiger partial charge is 0.491 e. The summed E-state index contributed by atoms with van der Waals surface area (Å²) in [6.45, 7) is 4.05. The second-order valence-electron chi connectivity index (χ2n) is 5.01. The minimum Gasteiger partial charge on any atom is -0.491 e. The first-order chi connectivity index (χ1) is 7.57. The lowest BCUT2D eigenvalue weighted by Gasteiger charge is -2.11. The molecule has 1 aliphatic carbocycles. The van der Waals surface area contributed by atoms with Crippen LogP contribution < -0.4 is 10.5 Å². The van der Waals surface area contributed by atoms with Gasteiger partial charge in [0, 0.05) is 23.5 Å². The maximum atomic E-state index is 6.05. The monoisotopic (exact) mass is 220 g/mol. The first-order valence-electron chi connectivity index (χ1n) is 5.98. The third-order valence-corrected chi connectivity index (χ3v) is 2.93. The Morgan fingerprint density at radius 1 is 1.50 bits per heavy atom. The molecule has 1 fully saturated rings. The van der Waals surface area contributed by atoms with Crippen LogP contribution in [-0.4, -0.2) is 16.6 Å². The Labute approximate surface area is 97.0 Å². The number of nitrogens with zero attached hydrogens (tertiary/aromatic N) is 1. The van der Waals surface area contributed by atoms with Crippen LogP contribution in [0.5, 0.6) is 5.75 Å². The molecule has 0 saturated heterocycles. The molecular formula is C13H20N2O. The topological polar surface area (TPSA) is 48.1 Å². The van der Waals surface area contributed by atoms with Crippen molar-refractivity contribution in [3.05, 3.63) is 24.0 Å². The smallest absolute Gasteiger partial charge is 0.123 e. The summed E-state index contributed by atoms with van der Waals surface area (Å²) in [7, 11) is 0. The van der Waals surface area contributed by atoms with E-state index in [0.29, 0.717) is 0 Å². The van der Waals surface area contributed by atoms with E-state index in [0.717, 1.165) is 37.1 Å². The Hall–Kier alpha value is -1.09. The fourth-order valence-electron chi connectivity index (χ4n) is 1.73. The maximum Gasteiger partial charge on any atom is 0.123 e. The highest BCUT2D eigenvalue weighted by molar-refractivity contribution is 5.23. The number of rotatable bonds is 5. The van der Waals surface area contributed by atoms with E-state index in [2.05, 4.69) is 4.98 Å². The predicted octanol–water partition coefficient (Wildman–Crippen LogP) is 2.29. The van der Waals surface area contributed by atoms with Crippen LogP contribution in [0.15, 0.2) is 18.3 Å². The molecule has 0 unspecified atom stereocenters. The highest BCUT2D eigenvalue weighted by Gasteiger charge is 2.37. The highest BCUT2D eigenvalue weighted by atomic mass is 16.5. The van der Waals surface area contributed by atoms with Gasteiger partial charge in [0.25, 0.3) is 0 Å². The van der Waals surface area contributed by atoms with Gasteiger partial charge in [-0.3, -0.25) is 4.98 Å². The lowest BCUT2D eigenvalue weighted by atomic mass is 10.1. The molecule has 1 saturated carbocycles. The number of aromatic nitrogens is 1. The molecule has 1 aliphatic rings. The summed E-state index contributed by atoms with van der Waals surface area (Å²) in [5.74, 6) is 0.905. The van der Waals surface area contributed by atoms with Crippen molar-refractivity contribution < 1.29 is 4.74 Å². The molecule has 2 N–H and O–H groups in total. The van der Waals surface area contributed by atoms with E-state index in [1.54, 1.807) is 0 Å². The third kappa shape index (κ3) is 3.20. The molecule has 88 valence electrons. The molecule has 2 rings (SSSR count). The van der Waals surface area contributed by atoms with Crippen LogP contribution in [-0.2, 0) is 6.42 Å². The van der Waals surface area contributed by atoms with Crippen molar-refractivity contribution in [1.29, 1.82) is 0 Å². The Bertz CT molecular complexity index is 359. The van der Waals surface area contributed by atoms with Crippen LogP contribution in [0.3, 0.4) is 0 Å². The summed E-state index contributed by atoms with van der Waals surface area (Å²) in [6.07, 6.45) is 6.32. The van der Waals surface area contributed by atoms with E-state index in [4.69, 9.17) is 10.5 Å². The SMILES string of the molecule is CC(C)Oc1ccnc(CCC2(N)CC2)c1. The third-order valence-electron chi connectivity index (χ3n) is 2.93. The van der Waals surface area contributed by atoms with Gasteiger partial charge in [-0.15, -0.1) is 0 Å². The van der Waals surface area contributed by atoms with E-state index in [-0.39, 0.29) is 11.6 Å². The van der Waals surface area contributed by atoms with Gasteiger partial charge in [-0.2, -0.15) is 0 Å². The van der Waals surface area contributed by atoms with Crippen LogP contribution in [0.1, 0.15) is 38.8 Å². The molecule has 1 aromatic heterocycles. The molecule has 0 bridgehead atoms. The van der Waals surface area contributed by atoms with Crippen LogP contribution in [0.2, 0.25) is 0 Å². The van der Waals surface area contributed by atoms with Crippen molar-refractivity contribution in [1.82, 2.24) is 4.98 Å². The lowest BCUT2D eigenvalue weighted by Crippen LogP contribution is -2.22. The number of ether oxygens (including phenoxy) is 1. The van der Waals surface area contributed by atoms with Crippen LogP contribution >= 0.6 is 0 Å². The first-order valence-corrected chi connectivity index (χ1v) is 5.98. The molecule has 0 spiro atoms. The molecule has 3 nitrogen and oxygen atoms in total. The maximum absolute atomic E-state index is 6.05. The average molecular weight is 220 g/mol. The highest BCUT2D eigenvalue weighted by Crippen LogP contribution is 2.36. The Morgan fingerprint density at radius 3 is 2.88 bits per heavy atom. The van der Waals surface area contributed by atoms with Crippen molar-refractivity contribution in [2.24, 2.45) is 5.73 Å². The molecule has 1 heterocycles. The van der Waals surface area contributed by atoms with Gasteiger partial charge in [0.2, 0.25) is 0 Å². The normalized spacial score (nSPS) is 17.5. The molecule has 0 aromatic carbocycles. The van der Waals surface area contributed by atoms with E-state index in [1.165, 1.54) is 0 Å². The molecular weight excluding hydrogens is 200 g/mol. The van der Waals surface area contributed by atoms with Crippen LogP contribution in [0.25, 0.3) is 0 Å². The molecule has 3 heteroatoms. The number of aryl methyl sites for hydroxylation is 1. The minimum atomic E-state index is 0.108. The fourth-order valence-corrected chi connectivity index (χ4v) is 1.73. The van der Waals surface area contributed by atoms with Gasteiger partial charge in [0.15, 0.2) is 0 Å². The molecule has 0 radical (unpaired) electrons. The summed E-state index contributed by atoms with van der Waals surface area (Å²) >= 11 is 0. The molecule has 1 aromatic rings. The Morgan fingerprint density at radius 2 is 2.25 bits per heavy atom. The van der Waals surface area contributed by atoms with E-state index >= 15 is 0 Å². The van der Waals surface area contributed by atoms with Crippen molar-refractivity contribution in [2.45, 2.75) is 51.2 Å². The number of hydrogen-bond acceptors (Lipinski definition) is 3. The van der Waals surface area contributed by atoms with Gasteiger partial charge in [-0.05, 0) is 45.6 Å². The number of pyridine rings is 1. The zero-order chi connectivity index (χ0) is 11.6. The standard InChI is InChI=1S/C13H20N2O/c1-10(2)16-12-4-8-15-11(9-12)3-5-13(14)6-7-13/h4,8-10H,3,5-7,14H2,1-2H3. The zero-order valence-electron chi connectivity index (χ0n) is 10.1. The first kappa shape index (κ1) is 11.4. The Kier molecular flexibility index (Phi) is 3.15. The minimum absolute atomic E-state index is 0.108. The van der Waals surface area contributed by atoms with E-state index in [1.807, 2.05) is 32.2 Å². The summed E-state index contributed by atoms with van der Waals surface area (Å²) < 4.78 is 5.63. The molecule has 0 atom stereocenters. The van der Waals surface area contributed by atoms with Gasteiger partial charge in [-0.25, -0.2) is 0 Å². The van der Waals surface area contributed by atoms with Gasteiger partial charge in [0.05, 0.1) is 6.10 Å². The van der Waals surface area contributed by atoms with Crippen molar-refractivity contribution >= 4 is 0 Å². The summed E-state index contributed by atoms with van der Waals surface area (Å²) in [4.78, 5) is 4.34. The molecule has 0 aliphatic heterocycles. The Balaban J connectivity index is 1.93. The van der Waals surface area contributed by atoms with Crippen LogP contribution in [0, 0.1) is 0 Å². The zero-order valence-corrected chi connectivity index (χ0v) is 10.1. The molecule has 16 heavy (non-hydrogen) atoms. The average Bonchev–Trinajstić information content (AvgIpc) is 2.94. The van der Waals surface area contributed by atoms with Crippen LogP contribution in [0.4, 0.5) is 0 Å². The number of hydrogen-bond donors (Lipinski definition) is 1. The fraction of sp³-hybridized carbons (Fsp3) is 0.615. The van der Waals surface area contributed by atoms with Crippen molar-refractivity contribution in [2.75, 3.05) is 0 Å². The van der Waals surface area contributed by atoms with Gasteiger partial charge < -0.3 is 10.5 Å². The van der Waals surface area contributed by atoms with Gasteiger partial charge in [0.1, 0.15) is 5.75 Å². The summed E-state index contributed by atoms with van der Waals surface area (Å²) in [6, 6.07) is 3.92. The number of nitrogens with two attached hydrogens (primary N) is 1. The predicted molar refractivity (Wildman–Crippen MR) is 64.5 cm³/mol. The van der Waals surface area contributed by atoms with Gasteiger partial charge in [-0.1, -0.05) is 0 Å². The summed E-state index contributed by atoms with van der Waals surface area (Å²) in [5.41, 5.74) is 7.24. The second kappa shape index (κ2) is 4.42.